The Hall–Kier alpha value is -1.71. The molecule has 4 heteroatoms. The third kappa shape index (κ3) is 4.38. The van der Waals surface area contributed by atoms with Crippen molar-refractivity contribution >= 4 is 6.03 Å². The molecule has 0 heterocycles. The molecule has 0 atom stereocenters. The second-order valence-electron chi connectivity index (χ2n) is 6.03. The van der Waals surface area contributed by atoms with E-state index in [4.69, 9.17) is 4.74 Å². The highest BCUT2D eigenvalue weighted by Gasteiger charge is 2.17. The summed E-state index contributed by atoms with van der Waals surface area (Å²) in [6, 6.07) is 6.44. The minimum atomic E-state index is -0.0862. The van der Waals surface area contributed by atoms with E-state index in [0.29, 0.717) is 18.5 Å². The van der Waals surface area contributed by atoms with E-state index < -0.39 is 0 Å². The average molecular weight is 290 g/mol. The quantitative estimate of drug-likeness (QED) is 0.871. The van der Waals surface area contributed by atoms with Gasteiger partial charge in [0.25, 0.3) is 0 Å². The van der Waals surface area contributed by atoms with Gasteiger partial charge in [0, 0.05) is 18.2 Å². The molecule has 2 N–H and O–H groups in total. The molecule has 2 amide bonds. The van der Waals surface area contributed by atoms with Crippen molar-refractivity contribution < 1.29 is 9.53 Å². The van der Waals surface area contributed by atoms with Crippen molar-refractivity contribution in [2.75, 3.05) is 7.11 Å². The molecule has 1 saturated carbocycles. The molecule has 1 aromatic rings. The van der Waals surface area contributed by atoms with Gasteiger partial charge in [0.2, 0.25) is 0 Å². The number of rotatable bonds is 5. The summed E-state index contributed by atoms with van der Waals surface area (Å²) in [6.07, 6.45) is 4.63. The molecule has 0 aliphatic heterocycles. The molecule has 116 valence electrons. The van der Waals surface area contributed by atoms with Gasteiger partial charge in [-0.15, -0.1) is 0 Å². The van der Waals surface area contributed by atoms with Crippen LogP contribution >= 0.6 is 0 Å². The number of hydrogen-bond donors (Lipinski definition) is 2. The fourth-order valence-electron chi connectivity index (χ4n) is 2.75. The van der Waals surface area contributed by atoms with Crippen LogP contribution in [0.5, 0.6) is 5.75 Å². The van der Waals surface area contributed by atoms with Crippen molar-refractivity contribution in [2.45, 2.75) is 58.0 Å². The maximum atomic E-state index is 11.9. The zero-order valence-electron chi connectivity index (χ0n) is 13.2. The predicted octanol–water partition coefficient (Wildman–Crippen LogP) is 3.56. The van der Waals surface area contributed by atoms with Gasteiger partial charge in [-0.05, 0) is 30.4 Å². The number of hydrogen-bond acceptors (Lipinski definition) is 2. The molecule has 21 heavy (non-hydrogen) atoms. The van der Waals surface area contributed by atoms with Gasteiger partial charge < -0.3 is 15.4 Å². The fourth-order valence-corrected chi connectivity index (χ4v) is 2.75. The first-order valence-electron chi connectivity index (χ1n) is 7.81. The van der Waals surface area contributed by atoms with E-state index in [0.717, 1.165) is 24.2 Å². The van der Waals surface area contributed by atoms with E-state index in [1.807, 2.05) is 6.07 Å². The first kappa shape index (κ1) is 15.7. The van der Waals surface area contributed by atoms with E-state index in [9.17, 15) is 4.79 Å². The van der Waals surface area contributed by atoms with Gasteiger partial charge in [0.15, 0.2) is 0 Å². The monoisotopic (exact) mass is 290 g/mol. The third-order valence-electron chi connectivity index (χ3n) is 4.11. The zero-order valence-corrected chi connectivity index (χ0v) is 13.2. The van der Waals surface area contributed by atoms with E-state index in [1.165, 1.54) is 18.4 Å². The van der Waals surface area contributed by atoms with Gasteiger partial charge in [0.05, 0.1) is 7.11 Å². The van der Waals surface area contributed by atoms with Crippen molar-refractivity contribution in [2.24, 2.45) is 0 Å². The molecule has 0 spiro atoms. The number of amides is 2. The highest BCUT2D eigenvalue weighted by atomic mass is 16.5. The van der Waals surface area contributed by atoms with E-state index >= 15 is 0 Å². The molecule has 0 unspecified atom stereocenters. The number of nitrogens with one attached hydrogen (secondary N) is 2. The summed E-state index contributed by atoms with van der Waals surface area (Å²) in [5.41, 5.74) is 2.24. The smallest absolute Gasteiger partial charge is 0.315 e. The predicted molar refractivity (Wildman–Crippen MR) is 84.7 cm³/mol. The topological polar surface area (TPSA) is 50.4 Å². The number of benzene rings is 1. The van der Waals surface area contributed by atoms with Crippen molar-refractivity contribution in [3.63, 3.8) is 0 Å². The van der Waals surface area contributed by atoms with Gasteiger partial charge >= 0.3 is 6.03 Å². The van der Waals surface area contributed by atoms with Crippen LogP contribution in [0.3, 0.4) is 0 Å². The average Bonchev–Trinajstić information content (AvgIpc) is 2.97. The molecule has 1 aliphatic rings. The van der Waals surface area contributed by atoms with Crippen LogP contribution in [0, 0.1) is 0 Å². The van der Waals surface area contributed by atoms with E-state index in [2.05, 4.69) is 36.6 Å². The molecular formula is C17H26N2O2. The van der Waals surface area contributed by atoms with Crippen molar-refractivity contribution in [3.8, 4) is 5.75 Å². The minimum Gasteiger partial charge on any atom is -0.496 e. The molecule has 2 rings (SSSR count). The summed E-state index contributed by atoms with van der Waals surface area (Å²) in [7, 11) is 1.67. The maximum Gasteiger partial charge on any atom is 0.315 e. The van der Waals surface area contributed by atoms with Crippen LogP contribution in [0.15, 0.2) is 18.2 Å². The highest BCUT2D eigenvalue weighted by Crippen LogP contribution is 2.24. The molecule has 0 bridgehead atoms. The fraction of sp³-hybridized carbons (Fsp3) is 0.588. The minimum absolute atomic E-state index is 0.0862. The lowest BCUT2D eigenvalue weighted by atomic mass is 10.0. The van der Waals surface area contributed by atoms with Crippen LogP contribution in [0.25, 0.3) is 0 Å². The lowest BCUT2D eigenvalue weighted by Gasteiger charge is -2.15. The Morgan fingerprint density at radius 1 is 1.33 bits per heavy atom. The van der Waals surface area contributed by atoms with Crippen LogP contribution in [0.2, 0.25) is 0 Å². The Kier molecular flexibility index (Phi) is 5.48. The number of carbonyl (C=O) groups is 1. The SMILES string of the molecule is COc1cc(C(C)C)ccc1CNC(=O)NC1CCCC1. The summed E-state index contributed by atoms with van der Waals surface area (Å²) < 4.78 is 5.43. The van der Waals surface area contributed by atoms with Crippen LogP contribution < -0.4 is 15.4 Å². The first-order valence-corrected chi connectivity index (χ1v) is 7.81. The van der Waals surface area contributed by atoms with Gasteiger partial charge in [0.1, 0.15) is 5.75 Å². The van der Waals surface area contributed by atoms with Crippen molar-refractivity contribution in [1.29, 1.82) is 0 Å². The molecule has 1 aromatic carbocycles. The Labute approximate surface area is 127 Å². The normalized spacial score (nSPS) is 15.2. The number of carbonyl (C=O) groups excluding carboxylic acids is 1. The third-order valence-corrected chi connectivity index (χ3v) is 4.11. The Morgan fingerprint density at radius 3 is 2.67 bits per heavy atom. The Bertz CT molecular complexity index is 480. The lowest BCUT2D eigenvalue weighted by Crippen LogP contribution is -2.40. The summed E-state index contributed by atoms with van der Waals surface area (Å²) in [5.74, 6) is 1.30. The summed E-state index contributed by atoms with van der Waals surface area (Å²) >= 11 is 0. The lowest BCUT2D eigenvalue weighted by molar-refractivity contribution is 0.236. The molecule has 4 nitrogen and oxygen atoms in total. The van der Waals surface area contributed by atoms with Crippen molar-refractivity contribution in [1.82, 2.24) is 10.6 Å². The van der Waals surface area contributed by atoms with Gasteiger partial charge in [-0.3, -0.25) is 0 Å². The largest absolute Gasteiger partial charge is 0.496 e. The first-order chi connectivity index (χ1) is 10.1. The van der Waals surface area contributed by atoms with Crippen LogP contribution in [-0.2, 0) is 6.54 Å². The summed E-state index contributed by atoms with van der Waals surface area (Å²) in [4.78, 5) is 11.9. The van der Waals surface area contributed by atoms with Crippen LogP contribution in [0.4, 0.5) is 4.79 Å². The highest BCUT2D eigenvalue weighted by molar-refractivity contribution is 5.74. The van der Waals surface area contributed by atoms with Crippen molar-refractivity contribution in [3.05, 3.63) is 29.3 Å². The number of methoxy groups -OCH3 is 1. The standard InChI is InChI=1S/C17H26N2O2/c1-12(2)13-8-9-14(16(10-13)21-3)11-18-17(20)19-15-6-4-5-7-15/h8-10,12,15H,4-7,11H2,1-3H3,(H2,18,19,20). The van der Waals surface area contributed by atoms with Crippen LogP contribution in [0.1, 0.15) is 56.6 Å². The molecule has 0 aromatic heterocycles. The summed E-state index contributed by atoms with van der Waals surface area (Å²) in [6.45, 7) is 4.80. The van der Waals surface area contributed by atoms with E-state index in [1.54, 1.807) is 7.11 Å². The Morgan fingerprint density at radius 2 is 2.05 bits per heavy atom. The number of urea groups is 1. The molecular weight excluding hydrogens is 264 g/mol. The second-order valence-corrected chi connectivity index (χ2v) is 6.03. The maximum absolute atomic E-state index is 11.9. The molecule has 1 fully saturated rings. The second kappa shape index (κ2) is 7.34. The molecule has 0 saturated heterocycles. The summed E-state index contributed by atoms with van der Waals surface area (Å²) in [5, 5.41) is 5.94. The zero-order chi connectivity index (χ0) is 15.2. The molecule has 0 radical (unpaired) electrons. The van der Waals surface area contributed by atoms with Gasteiger partial charge in [-0.2, -0.15) is 0 Å². The Balaban J connectivity index is 1.91. The van der Waals surface area contributed by atoms with Gasteiger partial charge in [-0.1, -0.05) is 38.8 Å². The van der Waals surface area contributed by atoms with E-state index in [-0.39, 0.29) is 6.03 Å². The molecule has 1 aliphatic carbocycles. The van der Waals surface area contributed by atoms with Gasteiger partial charge in [-0.25, -0.2) is 4.79 Å². The van der Waals surface area contributed by atoms with Crippen LogP contribution in [-0.4, -0.2) is 19.2 Å². The number of ether oxygens (including phenoxy) is 1.